The van der Waals surface area contributed by atoms with Crippen molar-refractivity contribution in [2.45, 2.75) is 19.8 Å². The van der Waals surface area contributed by atoms with Crippen LogP contribution in [-0.2, 0) is 9.47 Å². The summed E-state index contributed by atoms with van der Waals surface area (Å²) in [6, 6.07) is 2.16. The second kappa shape index (κ2) is 11.4. The van der Waals surface area contributed by atoms with Crippen LogP contribution in [0.25, 0.3) is 0 Å². The Morgan fingerprint density at radius 2 is 2.00 bits per heavy atom. The minimum absolute atomic E-state index is 0.495. The standard InChI is InChI=1S/C11H22N2O2/c1-3-6-13(7-5-12)8-11-15-10-4-9-14-2/h3-4,6-11H2,1-2H3. The summed E-state index contributed by atoms with van der Waals surface area (Å²) < 4.78 is 10.3. The molecule has 0 amide bonds. The molecular weight excluding hydrogens is 192 g/mol. The molecule has 0 unspecified atom stereocenters. The molecule has 15 heavy (non-hydrogen) atoms. The van der Waals surface area contributed by atoms with Gasteiger partial charge in [-0.25, -0.2) is 0 Å². The van der Waals surface area contributed by atoms with Crippen LogP contribution in [0.15, 0.2) is 0 Å². The molecular formula is C11H22N2O2. The molecule has 88 valence electrons. The van der Waals surface area contributed by atoms with E-state index in [1.54, 1.807) is 7.11 Å². The Balaban J connectivity index is 3.33. The van der Waals surface area contributed by atoms with Gasteiger partial charge in [0, 0.05) is 26.9 Å². The summed E-state index contributed by atoms with van der Waals surface area (Å²) in [5.41, 5.74) is 0. The average molecular weight is 214 g/mol. The third kappa shape index (κ3) is 9.67. The maximum atomic E-state index is 8.59. The van der Waals surface area contributed by atoms with E-state index < -0.39 is 0 Å². The monoisotopic (exact) mass is 214 g/mol. The molecule has 0 aliphatic heterocycles. The molecule has 0 saturated carbocycles. The van der Waals surface area contributed by atoms with E-state index in [0.29, 0.717) is 13.2 Å². The summed E-state index contributed by atoms with van der Waals surface area (Å²) in [6.45, 7) is 6.60. The van der Waals surface area contributed by atoms with E-state index in [1.807, 2.05) is 0 Å². The van der Waals surface area contributed by atoms with Crippen LogP contribution in [0.1, 0.15) is 19.8 Å². The summed E-state index contributed by atoms with van der Waals surface area (Å²) in [5.74, 6) is 0. The Morgan fingerprint density at radius 3 is 2.60 bits per heavy atom. The smallest absolute Gasteiger partial charge is 0.0866 e. The summed E-state index contributed by atoms with van der Waals surface area (Å²) in [5, 5.41) is 8.59. The van der Waals surface area contributed by atoms with Crippen molar-refractivity contribution >= 4 is 0 Å². The molecule has 0 bridgehead atoms. The van der Waals surface area contributed by atoms with Crippen LogP contribution in [0.2, 0.25) is 0 Å². The molecule has 0 aliphatic rings. The van der Waals surface area contributed by atoms with Gasteiger partial charge in [-0.1, -0.05) is 6.92 Å². The van der Waals surface area contributed by atoms with Gasteiger partial charge in [-0.3, -0.25) is 4.90 Å². The number of hydrogen-bond donors (Lipinski definition) is 0. The highest BCUT2D eigenvalue weighted by molar-refractivity contribution is 4.75. The normalized spacial score (nSPS) is 10.5. The number of nitrogens with zero attached hydrogens (tertiary/aromatic N) is 2. The fourth-order valence-corrected chi connectivity index (χ4v) is 1.29. The molecule has 0 N–H and O–H groups in total. The summed E-state index contributed by atoms with van der Waals surface area (Å²) in [4.78, 5) is 2.11. The predicted octanol–water partition coefficient (Wildman–Crippen LogP) is 1.28. The summed E-state index contributed by atoms with van der Waals surface area (Å²) >= 11 is 0. The van der Waals surface area contributed by atoms with E-state index in [4.69, 9.17) is 14.7 Å². The first-order valence-corrected chi connectivity index (χ1v) is 5.51. The quantitative estimate of drug-likeness (QED) is 0.406. The number of rotatable bonds is 10. The van der Waals surface area contributed by atoms with Crippen molar-refractivity contribution < 1.29 is 9.47 Å². The first-order valence-electron chi connectivity index (χ1n) is 5.51. The van der Waals surface area contributed by atoms with Crippen LogP contribution >= 0.6 is 0 Å². The van der Waals surface area contributed by atoms with Crippen molar-refractivity contribution in [3.63, 3.8) is 0 Å². The van der Waals surface area contributed by atoms with Gasteiger partial charge < -0.3 is 9.47 Å². The molecule has 0 spiro atoms. The van der Waals surface area contributed by atoms with Crippen LogP contribution in [0.4, 0.5) is 0 Å². The maximum absolute atomic E-state index is 8.59. The maximum Gasteiger partial charge on any atom is 0.0866 e. The second-order valence-electron chi connectivity index (χ2n) is 3.39. The van der Waals surface area contributed by atoms with Crippen LogP contribution in [0, 0.1) is 11.3 Å². The topological polar surface area (TPSA) is 45.5 Å². The number of ether oxygens (including phenoxy) is 2. The van der Waals surface area contributed by atoms with Crippen molar-refractivity contribution in [3.8, 4) is 6.07 Å². The Labute approximate surface area is 92.8 Å². The van der Waals surface area contributed by atoms with Gasteiger partial charge in [-0.05, 0) is 19.4 Å². The Kier molecular flexibility index (Phi) is 11.0. The molecule has 0 aromatic heterocycles. The van der Waals surface area contributed by atoms with Crippen LogP contribution < -0.4 is 0 Å². The van der Waals surface area contributed by atoms with Gasteiger partial charge in [-0.2, -0.15) is 5.26 Å². The lowest BCUT2D eigenvalue weighted by Gasteiger charge is -2.17. The molecule has 0 saturated heterocycles. The van der Waals surface area contributed by atoms with E-state index in [9.17, 15) is 0 Å². The lowest BCUT2D eigenvalue weighted by molar-refractivity contribution is 0.0864. The molecule has 0 fully saturated rings. The van der Waals surface area contributed by atoms with Gasteiger partial charge in [0.25, 0.3) is 0 Å². The van der Waals surface area contributed by atoms with Crippen LogP contribution in [-0.4, -0.2) is 51.5 Å². The minimum Gasteiger partial charge on any atom is -0.385 e. The van der Waals surface area contributed by atoms with Gasteiger partial charge in [0.1, 0.15) is 0 Å². The van der Waals surface area contributed by atoms with Crippen molar-refractivity contribution in [1.82, 2.24) is 4.90 Å². The molecule has 0 atom stereocenters. The highest BCUT2D eigenvalue weighted by atomic mass is 16.5. The zero-order valence-electron chi connectivity index (χ0n) is 9.87. The number of hydrogen-bond acceptors (Lipinski definition) is 4. The van der Waals surface area contributed by atoms with Gasteiger partial charge in [0.05, 0.1) is 19.2 Å². The molecule has 0 aliphatic carbocycles. The summed E-state index contributed by atoms with van der Waals surface area (Å²) in [7, 11) is 1.69. The lowest BCUT2D eigenvalue weighted by atomic mass is 10.4. The molecule has 0 rings (SSSR count). The lowest BCUT2D eigenvalue weighted by Crippen LogP contribution is -2.29. The van der Waals surface area contributed by atoms with Crippen molar-refractivity contribution in [3.05, 3.63) is 0 Å². The fraction of sp³-hybridized carbons (Fsp3) is 0.909. The zero-order chi connectivity index (χ0) is 11.4. The Bertz CT molecular complexity index is 168. The van der Waals surface area contributed by atoms with Crippen molar-refractivity contribution in [1.29, 1.82) is 5.26 Å². The van der Waals surface area contributed by atoms with Gasteiger partial charge in [0.15, 0.2) is 0 Å². The highest BCUT2D eigenvalue weighted by Crippen LogP contribution is 1.91. The molecule has 0 radical (unpaired) electrons. The predicted molar refractivity (Wildman–Crippen MR) is 59.7 cm³/mol. The third-order valence-corrected chi connectivity index (χ3v) is 2.02. The number of nitriles is 1. The molecule has 0 aromatic carbocycles. The van der Waals surface area contributed by atoms with Crippen LogP contribution in [0.5, 0.6) is 0 Å². The Hall–Kier alpha value is -0.630. The molecule has 0 heterocycles. The first kappa shape index (κ1) is 14.4. The number of methoxy groups -OCH3 is 1. The second-order valence-corrected chi connectivity index (χ2v) is 3.39. The van der Waals surface area contributed by atoms with E-state index in [0.717, 1.165) is 39.1 Å². The van der Waals surface area contributed by atoms with Crippen molar-refractivity contribution in [2.24, 2.45) is 0 Å². The van der Waals surface area contributed by atoms with Gasteiger partial charge >= 0.3 is 0 Å². The van der Waals surface area contributed by atoms with Crippen molar-refractivity contribution in [2.75, 3.05) is 46.6 Å². The minimum atomic E-state index is 0.495. The van der Waals surface area contributed by atoms with Gasteiger partial charge in [-0.15, -0.1) is 0 Å². The fourth-order valence-electron chi connectivity index (χ4n) is 1.29. The molecule has 4 heteroatoms. The van der Waals surface area contributed by atoms with E-state index in [2.05, 4.69) is 17.9 Å². The van der Waals surface area contributed by atoms with E-state index in [1.165, 1.54) is 0 Å². The highest BCUT2D eigenvalue weighted by Gasteiger charge is 2.01. The molecule has 0 aromatic rings. The molecule has 4 nitrogen and oxygen atoms in total. The van der Waals surface area contributed by atoms with Gasteiger partial charge in [0.2, 0.25) is 0 Å². The average Bonchev–Trinajstić information content (AvgIpc) is 2.24. The third-order valence-electron chi connectivity index (χ3n) is 2.02. The summed E-state index contributed by atoms with van der Waals surface area (Å²) in [6.07, 6.45) is 2.01. The Morgan fingerprint density at radius 1 is 1.20 bits per heavy atom. The zero-order valence-corrected chi connectivity index (χ0v) is 9.87. The first-order chi connectivity index (χ1) is 7.35. The van der Waals surface area contributed by atoms with E-state index >= 15 is 0 Å². The largest absolute Gasteiger partial charge is 0.385 e. The van der Waals surface area contributed by atoms with Crippen LogP contribution in [0.3, 0.4) is 0 Å². The SMILES string of the molecule is CCCN(CC#N)CCOCCCOC. The van der Waals surface area contributed by atoms with E-state index in [-0.39, 0.29) is 0 Å².